The van der Waals surface area contributed by atoms with E-state index < -0.39 is 0 Å². The second-order valence-corrected chi connectivity index (χ2v) is 7.03. The Kier molecular flexibility index (Phi) is 7.04. The van der Waals surface area contributed by atoms with Gasteiger partial charge in [-0.15, -0.1) is 0 Å². The molecule has 0 atom stereocenters. The van der Waals surface area contributed by atoms with E-state index in [0.29, 0.717) is 23.8 Å². The monoisotopic (exact) mass is 410 g/mol. The Morgan fingerprint density at radius 3 is 2.38 bits per heavy atom. The molecule has 0 unspecified atom stereocenters. The second kappa shape index (κ2) is 9.70. The zero-order valence-corrected chi connectivity index (χ0v) is 17.5. The van der Waals surface area contributed by atoms with Gasteiger partial charge in [0.2, 0.25) is 0 Å². The zero-order valence-electron chi connectivity index (χ0n) is 16.7. The van der Waals surface area contributed by atoms with Crippen molar-refractivity contribution in [3.8, 4) is 5.75 Å². The molecular formula is C24H23ClO4. The first-order chi connectivity index (χ1) is 14.0. The number of benzene rings is 3. The zero-order chi connectivity index (χ0) is 20.8. The van der Waals surface area contributed by atoms with E-state index in [2.05, 4.69) is 0 Å². The first-order valence-electron chi connectivity index (χ1n) is 9.15. The summed E-state index contributed by atoms with van der Waals surface area (Å²) in [7, 11) is 4.85. The minimum Gasteiger partial charge on any atom is -0.497 e. The van der Waals surface area contributed by atoms with Gasteiger partial charge in [-0.1, -0.05) is 35.9 Å². The van der Waals surface area contributed by atoms with Gasteiger partial charge in [-0.2, -0.15) is 0 Å². The van der Waals surface area contributed by atoms with Crippen LogP contribution in [0.4, 0.5) is 0 Å². The highest BCUT2D eigenvalue weighted by atomic mass is 35.5. The van der Waals surface area contributed by atoms with Gasteiger partial charge in [-0.3, -0.25) is 4.79 Å². The van der Waals surface area contributed by atoms with E-state index in [-0.39, 0.29) is 5.78 Å². The third-order valence-electron chi connectivity index (χ3n) is 4.58. The van der Waals surface area contributed by atoms with Crippen molar-refractivity contribution in [2.24, 2.45) is 0 Å². The molecule has 3 aromatic carbocycles. The van der Waals surface area contributed by atoms with Crippen LogP contribution in [0.1, 0.15) is 27.0 Å². The highest BCUT2D eigenvalue weighted by Crippen LogP contribution is 2.26. The van der Waals surface area contributed by atoms with Crippen molar-refractivity contribution in [3.63, 3.8) is 0 Å². The lowest BCUT2D eigenvalue weighted by Gasteiger charge is -2.11. The molecule has 5 heteroatoms. The Balaban J connectivity index is 1.89. The number of methoxy groups -OCH3 is 3. The third-order valence-corrected chi connectivity index (χ3v) is 5.03. The third kappa shape index (κ3) is 5.04. The maximum absolute atomic E-state index is 12.8. The molecular weight excluding hydrogens is 388 g/mol. The van der Waals surface area contributed by atoms with Crippen molar-refractivity contribution < 1.29 is 19.0 Å². The fraction of sp³-hybridized carbons (Fsp3) is 0.208. The van der Waals surface area contributed by atoms with Crippen molar-refractivity contribution in [3.05, 3.63) is 81.9 Å². The minimum absolute atomic E-state index is 0.167. The lowest BCUT2D eigenvalue weighted by atomic mass is 10.0. The summed E-state index contributed by atoms with van der Waals surface area (Å²) in [6.45, 7) is 0.723. The van der Waals surface area contributed by atoms with E-state index in [0.717, 1.165) is 33.2 Å². The topological polar surface area (TPSA) is 44.8 Å². The highest BCUT2D eigenvalue weighted by Gasteiger charge is 2.14. The standard InChI is InChI=1S/C24H23ClO4/c1-27-14-17-11-20(15-28-2)24(25)22(12-17)23(26)9-5-16-4-6-19-13-21(29-3)8-7-18(19)10-16/h4-13H,14-15H2,1-3H3/b9-5+. The predicted molar refractivity (Wildman–Crippen MR) is 117 cm³/mol. The molecule has 0 aliphatic carbocycles. The lowest BCUT2D eigenvalue weighted by molar-refractivity contribution is 0.104. The maximum Gasteiger partial charge on any atom is 0.187 e. The molecule has 0 N–H and O–H groups in total. The van der Waals surface area contributed by atoms with Crippen LogP contribution in [0.15, 0.2) is 54.6 Å². The highest BCUT2D eigenvalue weighted by molar-refractivity contribution is 6.35. The van der Waals surface area contributed by atoms with Crippen molar-refractivity contribution in [2.75, 3.05) is 21.3 Å². The number of fused-ring (bicyclic) bond motifs is 1. The summed E-state index contributed by atoms with van der Waals surface area (Å²) in [4.78, 5) is 12.8. The molecule has 3 rings (SSSR count). The summed E-state index contributed by atoms with van der Waals surface area (Å²) in [5.74, 6) is 0.647. The van der Waals surface area contributed by atoms with Crippen LogP contribution in [0.25, 0.3) is 16.8 Å². The quantitative estimate of drug-likeness (QED) is 0.353. The van der Waals surface area contributed by atoms with Crippen LogP contribution in [0.3, 0.4) is 0 Å². The Morgan fingerprint density at radius 1 is 0.931 bits per heavy atom. The average molecular weight is 411 g/mol. The van der Waals surface area contributed by atoms with Crippen LogP contribution >= 0.6 is 11.6 Å². The largest absolute Gasteiger partial charge is 0.497 e. The molecule has 0 saturated carbocycles. The molecule has 29 heavy (non-hydrogen) atoms. The number of allylic oxidation sites excluding steroid dienone is 1. The molecule has 150 valence electrons. The van der Waals surface area contributed by atoms with Crippen molar-refractivity contribution >= 4 is 34.2 Å². The predicted octanol–water partition coefficient (Wildman–Crippen LogP) is 5.69. The molecule has 0 aliphatic heterocycles. The molecule has 0 radical (unpaired) electrons. The molecule has 0 spiro atoms. The number of halogens is 1. The van der Waals surface area contributed by atoms with E-state index in [4.69, 9.17) is 25.8 Å². The number of carbonyl (C=O) groups excluding carboxylic acids is 1. The maximum atomic E-state index is 12.8. The Labute approximate surface area is 175 Å². The van der Waals surface area contributed by atoms with Crippen molar-refractivity contribution in [1.29, 1.82) is 0 Å². The number of hydrogen-bond donors (Lipinski definition) is 0. The fourth-order valence-electron chi connectivity index (χ4n) is 3.18. The second-order valence-electron chi connectivity index (χ2n) is 6.65. The molecule has 0 aromatic heterocycles. The van der Waals surface area contributed by atoms with Gasteiger partial charge < -0.3 is 14.2 Å². The summed E-state index contributed by atoms with van der Waals surface area (Å²) >= 11 is 6.46. The van der Waals surface area contributed by atoms with Gasteiger partial charge in [0.15, 0.2) is 5.78 Å². The van der Waals surface area contributed by atoms with Crippen molar-refractivity contribution in [2.45, 2.75) is 13.2 Å². The molecule has 0 aliphatic rings. The normalized spacial score (nSPS) is 11.3. The smallest absolute Gasteiger partial charge is 0.187 e. The lowest BCUT2D eigenvalue weighted by Crippen LogP contribution is -2.03. The summed E-state index contributed by atoms with van der Waals surface area (Å²) in [5, 5.41) is 2.56. The van der Waals surface area contributed by atoms with Crippen LogP contribution in [0.5, 0.6) is 5.75 Å². The van der Waals surface area contributed by atoms with E-state index in [9.17, 15) is 4.79 Å². The summed E-state index contributed by atoms with van der Waals surface area (Å²) < 4.78 is 15.7. The minimum atomic E-state index is -0.167. The Hall–Kier alpha value is -2.66. The van der Waals surface area contributed by atoms with Crippen LogP contribution in [0.2, 0.25) is 5.02 Å². The van der Waals surface area contributed by atoms with Crippen LogP contribution in [-0.4, -0.2) is 27.1 Å². The van der Waals surface area contributed by atoms with E-state index in [1.165, 1.54) is 0 Å². The van der Waals surface area contributed by atoms with E-state index >= 15 is 0 Å². The molecule has 4 nitrogen and oxygen atoms in total. The summed E-state index contributed by atoms with van der Waals surface area (Å²) in [6, 6.07) is 15.5. The number of carbonyl (C=O) groups is 1. The Morgan fingerprint density at radius 2 is 1.66 bits per heavy atom. The molecule has 3 aromatic rings. The number of ketones is 1. The van der Waals surface area contributed by atoms with Gasteiger partial charge in [-0.25, -0.2) is 0 Å². The van der Waals surface area contributed by atoms with Gasteiger partial charge >= 0.3 is 0 Å². The Bertz CT molecular complexity index is 1060. The number of ether oxygens (including phenoxy) is 3. The van der Waals surface area contributed by atoms with Gasteiger partial charge in [0.05, 0.1) is 25.3 Å². The van der Waals surface area contributed by atoms with E-state index in [1.807, 2.05) is 42.5 Å². The molecule has 0 fully saturated rings. The number of hydrogen-bond acceptors (Lipinski definition) is 4. The molecule has 0 amide bonds. The van der Waals surface area contributed by atoms with E-state index in [1.54, 1.807) is 39.5 Å². The van der Waals surface area contributed by atoms with Crippen LogP contribution < -0.4 is 4.74 Å². The van der Waals surface area contributed by atoms with Gasteiger partial charge in [0.25, 0.3) is 0 Å². The van der Waals surface area contributed by atoms with Crippen molar-refractivity contribution in [1.82, 2.24) is 0 Å². The van der Waals surface area contributed by atoms with Gasteiger partial charge in [0, 0.05) is 19.8 Å². The fourth-order valence-corrected chi connectivity index (χ4v) is 3.43. The average Bonchev–Trinajstić information content (AvgIpc) is 2.74. The number of rotatable bonds is 8. The van der Waals surface area contributed by atoms with Crippen LogP contribution in [0, 0.1) is 0 Å². The van der Waals surface area contributed by atoms with Gasteiger partial charge in [0.1, 0.15) is 5.75 Å². The summed E-state index contributed by atoms with van der Waals surface area (Å²) in [6.07, 6.45) is 3.33. The first-order valence-corrected chi connectivity index (χ1v) is 9.53. The molecule has 0 bridgehead atoms. The molecule has 0 saturated heterocycles. The van der Waals surface area contributed by atoms with Gasteiger partial charge in [-0.05, 0) is 63.9 Å². The SMILES string of the molecule is COCc1cc(COC)c(Cl)c(C(=O)/C=C/c2ccc3cc(OC)ccc3c2)c1. The summed E-state index contributed by atoms with van der Waals surface area (Å²) in [5.41, 5.74) is 3.01. The first kappa shape index (κ1) is 21.1. The molecule has 0 heterocycles. The van der Waals surface area contributed by atoms with Crippen LogP contribution in [-0.2, 0) is 22.7 Å².